The van der Waals surface area contributed by atoms with E-state index in [4.69, 9.17) is 5.11 Å². The Labute approximate surface area is 84.5 Å². The van der Waals surface area contributed by atoms with Gasteiger partial charge >= 0.3 is 18.1 Å². The molecule has 0 aliphatic carbocycles. The van der Waals surface area contributed by atoms with Gasteiger partial charge in [0.05, 0.1) is 6.42 Å². The van der Waals surface area contributed by atoms with Crippen molar-refractivity contribution in [2.24, 2.45) is 0 Å². The fraction of sp³-hybridized carbons (Fsp3) is 0.750. The highest BCUT2D eigenvalue weighted by Crippen LogP contribution is 2.15. The number of carboxylic acid groups (broad SMARTS) is 1. The van der Waals surface area contributed by atoms with Gasteiger partial charge < -0.3 is 10.4 Å². The Morgan fingerprint density at radius 2 is 1.93 bits per heavy atom. The number of hydrogen-bond acceptors (Lipinski definition) is 2. The first-order valence-electron chi connectivity index (χ1n) is 4.36. The average Bonchev–Trinajstić information content (AvgIpc) is 2.01. The molecule has 0 aromatic carbocycles. The number of carbonyl (C=O) groups is 2. The number of hydrogen-bond donors (Lipinski definition) is 2. The highest BCUT2D eigenvalue weighted by atomic mass is 19.4. The first kappa shape index (κ1) is 13.7. The van der Waals surface area contributed by atoms with Crippen LogP contribution in [0, 0.1) is 0 Å². The molecular formula is C8H12F3NO3. The maximum atomic E-state index is 11.8. The van der Waals surface area contributed by atoms with Crippen LogP contribution < -0.4 is 5.32 Å². The normalized spacial score (nSPS) is 13.3. The van der Waals surface area contributed by atoms with Gasteiger partial charge in [0.2, 0.25) is 0 Å². The molecule has 1 atom stereocenters. The van der Waals surface area contributed by atoms with Crippen LogP contribution in [-0.2, 0) is 9.59 Å². The number of aliphatic carboxylic acids is 1. The van der Waals surface area contributed by atoms with E-state index in [0.29, 0.717) is 6.42 Å². The minimum atomic E-state index is -4.97. The molecule has 0 saturated carbocycles. The highest BCUT2D eigenvalue weighted by Gasteiger charge is 2.39. The third-order valence-corrected chi connectivity index (χ3v) is 1.65. The lowest BCUT2D eigenvalue weighted by atomic mass is 10.1. The second-order valence-electron chi connectivity index (χ2n) is 3.05. The van der Waals surface area contributed by atoms with Crippen molar-refractivity contribution in [1.29, 1.82) is 0 Å². The van der Waals surface area contributed by atoms with Gasteiger partial charge in [0, 0.05) is 6.04 Å². The molecule has 0 aromatic rings. The lowest BCUT2D eigenvalue weighted by molar-refractivity contribution is -0.174. The third kappa shape index (κ3) is 5.92. The zero-order valence-corrected chi connectivity index (χ0v) is 8.10. The van der Waals surface area contributed by atoms with Crippen LogP contribution in [0.15, 0.2) is 0 Å². The molecule has 0 saturated heterocycles. The maximum absolute atomic E-state index is 11.8. The van der Waals surface area contributed by atoms with Crippen LogP contribution in [0.25, 0.3) is 0 Å². The second kappa shape index (κ2) is 5.57. The fourth-order valence-electron chi connectivity index (χ4n) is 1.05. The van der Waals surface area contributed by atoms with E-state index in [2.05, 4.69) is 0 Å². The minimum Gasteiger partial charge on any atom is -0.481 e. The molecule has 7 heteroatoms. The summed E-state index contributed by atoms with van der Waals surface area (Å²) < 4.78 is 35.5. The van der Waals surface area contributed by atoms with Crippen LogP contribution in [0.1, 0.15) is 26.2 Å². The maximum Gasteiger partial charge on any atom is 0.471 e. The molecule has 1 unspecified atom stereocenters. The van der Waals surface area contributed by atoms with Gasteiger partial charge in [-0.25, -0.2) is 0 Å². The molecule has 0 heterocycles. The third-order valence-electron chi connectivity index (χ3n) is 1.65. The van der Waals surface area contributed by atoms with Crippen molar-refractivity contribution in [3.05, 3.63) is 0 Å². The summed E-state index contributed by atoms with van der Waals surface area (Å²) in [6, 6.07) is -0.971. The van der Waals surface area contributed by atoms with Gasteiger partial charge in [-0.2, -0.15) is 13.2 Å². The van der Waals surface area contributed by atoms with Crippen LogP contribution in [0.4, 0.5) is 13.2 Å². The number of amides is 1. The predicted octanol–water partition coefficient (Wildman–Crippen LogP) is 1.31. The molecule has 0 fully saturated rings. The van der Waals surface area contributed by atoms with Crippen LogP contribution >= 0.6 is 0 Å². The Morgan fingerprint density at radius 1 is 1.40 bits per heavy atom. The summed E-state index contributed by atoms with van der Waals surface area (Å²) >= 11 is 0. The minimum absolute atomic E-state index is 0.203. The van der Waals surface area contributed by atoms with Crippen molar-refractivity contribution in [2.75, 3.05) is 0 Å². The van der Waals surface area contributed by atoms with E-state index < -0.39 is 30.5 Å². The van der Waals surface area contributed by atoms with Gasteiger partial charge in [0.1, 0.15) is 0 Å². The van der Waals surface area contributed by atoms with Crippen LogP contribution in [0.2, 0.25) is 0 Å². The fourth-order valence-corrected chi connectivity index (χ4v) is 1.05. The predicted molar refractivity (Wildman–Crippen MR) is 45.1 cm³/mol. The standard InChI is InChI=1S/C8H12F3NO3/c1-2-3-5(4-6(13)14)12-7(15)8(9,10)11/h5H,2-4H2,1H3,(H,12,15)(H,13,14). The largest absolute Gasteiger partial charge is 0.481 e. The zero-order chi connectivity index (χ0) is 12.1. The number of halogens is 3. The smallest absolute Gasteiger partial charge is 0.471 e. The Bertz CT molecular complexity index is 240. The monoisotopic (exact) mass is 227 g/mol. The summed E-state index contributed by atoms with van der Waals surface area (Å²) in [6.45, 7) is 1.69. The summed E-state index contributed by atoms with van der Waals surface area (Å²) in [6.07, 6.45) is -4.77. The van der Waals surface area contributed by atoms with Crippen LogP contribution in [0.3, 0.4) is 0 Å². The molecule has 88 valence electrons. The van der Waals surface area contributed by atoms with Gasteiger partial charge in [0.15, 0.2) is 0 Å². The van der Waals surface area contributed by atoms with Crippen molar-refractivity contribution >= 4 is 11.9 Å². The number of alkyl halides is 3. The number of carbonyl (C=O) groups excluding carboxylic acids is 1. The Hall–Kier alpha value is -1.27. The molecule has 2 N–H and O–H groups in total. The molecule has 0 radical (unpaired) electrons. The molecule has 15 heavy (non-hydrogen) atoms. The lowest BCUT2D eigenvalue weighted by Crippen LogP contribution is -2.43. The van der Waals surface area contributed by atoms with Crippen molar-refractivity contribution in [3.8, 4) is 0 Å². The van der Waals surface area contributed by atoms with Gasteiger partial charge in [-0.1, -0.05) is 13.3 Å². The van der Waals surface area contributed by atoms with E-state index in [0.717, 1.165) is 0 Å². The SMILES string of the molecule is CCCC(CC(=O)O)NC(=O)C(F)(F)F. The van der Waals surface area contributed by atoms with Gasteiger partial charge in [-0.05, 0) is 6.42 Å². The van der Waals surface area contributed by atoms with E-state index in [-0.39, 0.29) is 6.42 Å². The molecule has 0 bridgehead atoms. The van der Waals surface area contributed by atoms with E-state index in [9.17, 15) is 22.8 Å². The summed E-state index contributed by atoms with van der Waals surface area (Å²) in [4.78, 5) is 20.8. The average molecular weight is 227 g/mol. The van der Waals surface area contributed by atoms with Crippen LogP contribution in [-0.4, -0.2) is 29.2 Å². The van der Waals surface area contributed by atoms with E-state index in [1.54, 1.807) is 12.2 Å². The van der Waals surface area contributed by atoms with Crippen molar-refractivity contribution in [3.63, 3.8) is 0 Å². The molecule has 4 nitrogen and oxygen atoms in total. The molecule has 0 aliphatic heterocycles. The topological polar surface area (TPSA) is 66.4 Å². The summed E-state index contributed by atoms with van der Waals surface area (Å²) in [5, 5.41) is 10.0. The summed E-state index contributed by atoms with van der Waals surface area (Å²) in [5.41, 5.74) is 0. The Morgan fingerprint density at radius 3 is 2.27 bits per heavy atom. The molecule has 0 aromatic heterocycles. The molecule has 0 aliphatic rings. The second-order valence-corrected chi connectivity index (χ2v) is 3.05. The Kier molecular flexibility index (Phi) is 5.10. The van der Waals surface area contributed by atoms with E-state index in [1.807, 2.05) is 0 Å². The number of rotatable bonds is 5. The van der Waals surface area contributed by atoms with Crippen molar-refractivity contribution < 1.29 is 27.9 Å². The van der Waals surface area contributed by atoms with Gasteiger partial charge in [0.25, 0.3) is 0 Å². The van der Waals surface area contributed by atoms with Crippen molar-refractivity contribution in [1.82, 2.24) is 5.32 Å². The van der Waals surface area contributed by atoms with Gasteiger partial charge in [-0.15, -0.1) is 0 Å². The molecular weight excluding hydrogens is 215 g/mol. The number of nitrogens with one attached hydrogen (secondary N) is 1. The zero-order valence-electron chi connectivity index (χ0n) is 8.10. The first-order valence-corrected chi connectivity index (χ1v) is 4.36. The highest BCUT2D eigenvalue weighted by molar-refractivity contribution is 5.82. The Balaban J connectivity index is 4.28. The molecule has 0 spiro atoms. The summed E-state index contributed by atoms with van der Waals surface area (Å²) in [7, 11) is 0. The summed E-state index contributed by atoms with van der Waals surface area (Å²) in [5.74, 6) is -3.34. The van der Waals surface area contributed by atoms with E-state index in [1.165, 1.54) is 0 Å². The van der Waals surface area contributed by atoms with Gasteiger partial charge in [-0.3, -0.25) is 9.59 Å². The first-order chi connectivity index (χ1) is 6.77. The quantitative estimate of drug-likeness (QED) is 0.744. The molecule has 0 rings (SSSR count). The van der Waals surface area contributed by atoms with Crippen molar-refractivity contribution in [2.45, 2.75) is 38.4 Å². The lowest BCUT2D eigenvalue weighted by Gasteiger charge is -2.16. The molecule has 1 amide bonds. The van der Waals surface area contributed by atoms with Crippen LogP contribution in [0.5, 0.6) is 0 Å². The number of carboxylic acids is 1. The van der Waals surface area contributed by atoms with E-state index >= 15 is 0 Å².